The molecule has 0 aromatic heterocycles. The Balaban J connectivity index is 1.66. The summed E-state index contributed by atoms with van der Waals surface area (Å²) in [5.74, 6) is -0.223. The van der Waals surface area contributed by atoms with E-state index < -0.39 is 15.0 Å². The van der Waals surface area contributed by atoms with Crippen molar-refractivity contribution in [3.63, 3.8) is 0 Å². The first-order valence-corrected chi connectivity index (χ1v) is 13.4. The summed E-state index contributed by atoms with van der Waals surface area (Å²) in [5, 5.41) is 9.95. The van der Waals surface area contributed by atoms with E-state index in [4.69, 9.17) is 4.74 Å². The highest BCUT2D eigenvalue weighted by molar-refractivity contribution is 7.86. The molecular weight excluding hydrogens is 424 g/mol. The minimum Gasteiger partial charge on any atom is -0.504 e. The van der Waals surface area contributed by atoms with Gasteiger partial charge in [0.05, 0.1) is 0 Å². The molecule has 0 radical (unpaired) electrons. The smallest absolute Gasteiger partial charge is 0.298 e. The molecule has 0 amide bonds. The van der Waals surface area contributed by atoms with Gasteiger partial charge in [-0.15, -0.1) is 0 Å². The maximum Gasteiger partial charge on any atom is 0.298 e. The summed E-state index contributed by atoms with van der Waals surface area (Å²) in [4.78, 5) is -0.460. The van der Waals surface area contributed by atoms with Crippen molar-refractivity contribution in [2.75, 3.05) is 0 Å². The summed E-state index contributed by atoms with van der Waals surface area (Å²) >= 11 is 0. The molecule has 2 N–H and O–H groups in total. The molecule has 0 fully saturated rings. The highest BCUT2D eigenvalue weighted by Crippen LogP contribution is 2.36. The van der Waals surface area contributed by atoms with Gasteiger partial charge in [0.2, 0.25) is 0 Å². The second-order valence-electron chi connectivity index (χ2n) is 8.46. The van der Waals surface area contributed by atoms with Crippen LogP contribution >= 0.6 is 0 Å². The normalized spacial score (nSPS) is 11.6. The first kappa shape index (κ1) is 26.2. The fourth-order valence-electron chi connectivity index (χ4n) is 3.82. The van der Waals surface area contributed by atoms with Crippen molar-refractivity contribution in [2.24, 2.45) is 0 Å². The maximum atomic E-state index is 11.5. The lowest BCUT2D eigenvalue weighted by atomic mass is 10.0. The van der Waals surface area contributed by atoms with Crippen LogP contribution in [0.2, 0.25) is 0 Å². The zero-order valence-electron chi connectivity index (χ0n) is 19.3. The van der Waals surface area contributed by atoms with Crippen molar-refractivity contribution in [3.8, 4) is 17.2 Å². The molecule has 32 heavy (non-hydrogen) atoms. The summed E-state index contributed by atoms with van der Waals surface area (Å²) in [6.07, 6.45) is 16.9. The van der Waals surface area contributed by atoms with Gasteiger partial charge in [-0.05, 0) is 42.7 Å². The van der Waals surface area contributed by atoms with Crippen molar-refractivity contribution in [1.29, 1.82) is 0 Å². The number of phenols is 1. The monoisotopic (exact) mass is 462 g/mol. The Kier molecular flexibility index (Phi) is 11.6. The van der Waals surface area contributed by atoms with E-state index in [0.29, 0.717) is 5.75 Å². The van der Waals surface area contributed by atoms with Gasteiger partial charge in [0.25, 0.3) is 10.1 Å². The molecule has 2 rings (SSSR count). The molecule has 0 heterocycles. The van der Waals surface area contributed by atoms with E-state index in [1.807, 2.05) is 12.1 Å². The molecular formula is C26H38O5S. The fourth-order valence-corrected chi connectivity index (χ4v) is 4.45. The van der Waals surface area contributed by atoms with Gasteiger partial charge in [-0.3, -0.25) is 4.55 Å². The van der Waals surface area contributed by atoms with Gasteiger partial charge in [0, 0.05) is 0 Å². The highest BCUT2D eigenvalue weighted by Gasteiger charge is 2.20. The summed E-state index contributed by atoms with van der Waals surface area (Å²) in [7, 11) is -4.50. The summed E-state index contributed by atoms with van der Waals surface area (Å²) in [6, 6.07) is 11.2. The van der Waals surface area contributed by atoms with Crippen LogP contribution in [0.15, 0.2) is 47.4 Å². The average molecular weight is 463 g/mol. The maximum absolute atomic E-state index is 11.5. The van der Waals surface area contributed by atoms with Crippen LogP contribution in [0, 0.1) is 0 Å². The van der Waals surface area contributed by atoms with E-state index in [-0.39, 0.29) is 11.5 Å². The van der Waals surface area contributed by atoms with Crippen LogP contribution in [0.5, 0.6) is 17.2 Å². The lowest BCUT2D eigenvalue weighted by Crippen LogP contribution is -2.01. The zero-order valence-corrected chi connectivity index (χ0v) is 20.1. The third-order valence-corrected chi connectivity index (χ3v) is 6.58. The van der Waals surface area contributed by atoms with Crippen molar-refractivity contribution < 1.29 is 22.8 Å². The molecule has 0 unspecified atom stereocenters. The molecule has 0 saturated heterocycles. The van der Waals surface area contributed by atoms with Crippen molar-refractivity contribution in [1.82, 2.24) is 0 Å². The third kappa shape index (κ3) is 9.61. The summed E-state index contributed by atoms with van der Waals surface area (Å²) in [6.45, 7) is 2.26. The number of para-hydroxylation sites is 1. The summed E-state index contributed by atoms with van der Waals surface area (Å²) < 4.78 is 37.9. The second-order valence-corrected chi connectivity index (χ2v) is 9.85. The van der Waals surface area contributed by atoms with Gasteiger partial charge >= 0.3 is 0 Å². The van der Waals surface area contributed by atoms with E-state index in [2.05, 4.69) is 6.92 Å². The fraction of sp³-hybridized carbons (Fsp3) is 0.538. The number of aryl methyl sites for hydroxylation is 1. The average Bonchev–Trinajstić information content (AvgIpc) is 2.76. The minimum absolute atomic E-state index is 0.274. The number of unbranched alkanes of at least 4 members (excludes halogenated alkanes) is 11. The molecule has 0 aliphatic carbocycles. The van der Waals surface area contributed by atoms with Crippen molar-refractivity contribution in [3.05, 3.63) is 48.0 Å². The summed E-state index contributed by atoms with van der Waals surface area (Å²) in [5.41, 5.74) is 1.19. The van der Waals surface area contributed by atoms with Crippen LogP contribution in [0.25, 0.3) is 0 Å². The predicted molar refractivity (Wildman–Crippen MR) is 129 cm³/mol. The Labute approximate surface area is 193 Å². The molecule has 0 spiro atoms. The Bertz CT molecular complexity index is 891. The molecule has 5 nitrogen and oxygen atoms in total. The SMILES string of the molecule is CCCCCCCCCCCCCCc1ccc(Oc2c(O)cccc2S(=O)(=O)O)cc1. The van der Waals surface area contributed by atoms with Crippen molar-refractivity contribution >= 4 is 10.1 Å². The van der Waals surface area contributed by atoms with E-state index >= 15 is 0 Å². The molecule has 0 saturated carbocycles. The van der Waals surface area contributed by atoms with Crippen LogP contribution in [-0.2, 0) is 16.5 Å². The highest BCUT2D eigenvalue weighted by atomic mass is 32.2. The van der Waals surface area contributed by atoms with Gasteiger partial charge in [-0.2, -0.15) is 8.42 Å². The van der Waals surface area contributed by atoms with Crippen LogP contribution in [0.4, 0.5) is 0 Å². The molecule has 0 aliphatic heterocycles. The first-order chi connectivity index (χ1) is 15.4. The Hall–Kier alpha value is -2.05. The van der Waals surface area contributed by atoms with Crippen LogP contribution in [0.1, 0.15) is 89.5 Å². The molecule has 2 aromatic rings. The van der Waals surface area contributed by atoms with Crippen LogP contribution in [-0.4, -0.2) is 18.1 Å². The van der Waals surface area contributed by atoms with Crippen molar-refractivity contribution in [2.45, 2.75) is 95.3 Å². The topological polar surface area (TPSA) is 83.8 Å². The zero-order chi connectivity index (χ0) is 23.2. The lowest BCUT2D eigenvalue weighted by Gasteiger charge is -2.11. The molecule has 0 aliphatic rings. The molecule has 6 heteroatoms. The van der Waals surface area contributed by atoms with Crippen LogP contribution < -0.4 is 4.74 Å². The lowest BCUT2D eigenvalue weighted by molar-refractivity contribution is 0.397. The van der Waals surface area contributed by atoms with E-state index in [1.165, 1.54) is 94.4 Å². The predicted octanol–water partition coefficient (Wildman–Crippen LogP) is 7.67. The van der Waals surface area contributed by atoms with Gasteiger partial charge < -0.3 is 9.84 Å². The number of rotatable bonds is 16. The number of benzene rings is 2. The Morgan fingerprint density at radius 2 is 1.28 bits per heavy atom. The van der Waals surface area contributed by atoms with Gasteiger partial charge in [0.1, 0.15) is 10.6 Å². The number of phenolic OH excluding ortho intramolecular Hbond substituents is 1. The molecule has 2 aromatic carbocycles. The standard InChI is InChI=1S/C26H38O5S/c1-2-3-4-5-6-7-8-9-10-11-12-13-15-22-18-20-23(21-19-22)31-26-24(27)16-14-17-25(26)32(28,29)30/h14,16-21,27H,2-13,15H2,1H3,(H,28,29,30). The number of ether oxygens (including phenoxy) is 1. The largest absolute Gasteiger partial charge is 0.504 e. The quantitative estimate of drug-likeness (QED) is 0.197. The van der Waals surface area contributed by atoms with E-state index in [0.717, 1.165) is 12.8 Å². The van der Waals surface area contributed by atoms with E-state index in [1.54, 1.807) is 12.1 Å². The van der Waals surface area contributed by atoms with E-state index in [9.17, 15) is 18.1 Å². The molecule has 0 bridgehead atoms. The third-order valence-electron chi connectivity index (χ3n) is 5.70. The minimum atomic E-state index is -4.50. The molecule has 178 valence electrons. The van der Waals surface area contributed by atoms with Crippen LogP contribution in [0.3, 0.4) is 0 Å². The number of hydrogen-bond donors (Lipinski definition) is 2. The van der Waals surface area contributed by atoms with Gasteiger partial charge in [0.15, 0.2) is 11.5 Å². The second kappa shape index (κ2) is 14.2. The Morgan fingerprint density at radius 1 is 0.750 bits per heavy atom. The van der Waals surface area contributed by atoms with Gasteiger partial charge in [-0.25, -0.2) is 0 Å². The first-order valence-electron chi connectivity index (χ1n) is 12.0. The Morgan fingerprint density at radius 3 is 1.81 bits per heavy atom. The number of hydrogen-bond acceptors (Lipinski definition) is 4. The van der Waals surface area contributed by atoms with Gasteiger partial charge in [-0.1, -0.05) is 95.8 Å². The number of aromatic hydroxyl groups is 1. The molecule has 0 atom stereocenters.